The Hall–Kier alpha value is -4.37. The number of nitrogens with one attached hydrogen (secondary N) is 3. The first-order chi connectivity index (χ1) is 16.8. The van der Waals surface area contributed by atoms with E-state index in [0.29, 0.717) is 16.9 Å². The lowest BCUT2D eigenvalue weighted by molar-refractivity contribution is 0.0949. The summed E-state index contributed by atoms with van der Waals surface area (Å²) in [5.41, 5.74) is 2.96. The van der Waals surface area contributed by atoms with Crippen molar-refractivity contribution in [3.63, 3.8) is 0 Å². The summed E-state index contributed by atoms with van der Waals surface area (Å²) in [4.78, 5) is 24.8. The fraction of sp³-hybridized carbons (Fsp3) is 0.0769. The number of aryl methyl sites for hydroxylation is 1. The number of anilines is 2. The Bertz CT molecular complexity index is 1450. The zero-order valence-corrected chi connectivity index (χ0v) is 19.6. The number of amides is 2. The first-order valence-electron chi connectivity index (χ1n) is 10.7. The van der Waals surface area contributed by atoms with Gasteiger partial charge in [0.05, 0.1) is 16.8 Å². The molecule has 0 fully saturated rings. The molecule has 9 heteroatoms. The molecule has 35 heavy (non-hydrogen) atoms. The summed E-state index contributed by atoms with van der Waals surface area (Å²) in [5.74, 6) is -0.530. The number of carbonyl (C=O) groups excluding carboxylic acids is 2. The first-order valence-corrected chi connectivity index (χ1v) is 12.2. The van der Waals surface area contributed by atoms with Gasteiger partial charge in [0, 0.05) is 17.8 Å². The Kier molecular flexibility index (Phi) is 6.98. The summed E-state index contributed by atoms with van der Waals surface area (Å²) >= 11 is 0. The Morgan fingerprint density at radius 1 is 0.857 bits per heavy atom. The molecule has 0 aliphatic heterocycles. The molecule has 3 N–H and O–H groups in total. The number of hydrogen-bond acceptors (Lipinski definition) is 5. The van der Waals surface area contributed by atoms with Crippen LogP contribution in [0.4, 0.5) is 11.4 Å². The Morgan fingerprint density at radius 2 is 1.63 bits per heavy atom. The van der Waals surface area contributed by atoms with Crippen molar-refractivity contribution >= 4 is 33.2 Å². The zero-order valence-electron chi connectivity index (χ0n) is 18.8. The second-order valence-electron chi connectivity index (χ2n) is 7.76. The van der Waals surface area contributed by atoms with Crippen LogP contribution in [0.2, 0.25) is 0 Å². The van der Waals surface area contributed by atoms with Crippen molar-refractivity contribution in [2.24, 2.45) is 0 Å². The van der Waals surface area contributed by atoms with Crippen LogP contribution in [0.5, 0.6) is 0 Å². The molecule has 0 saturated heterocycles. The fourth-order valence-corrected chi connectivity index (χ4v) is 4.45. The van der Waals surface area contributed by atoms with E-state index in [1.54, 1.807) is 42.5 Å². The molecule has 0 radical (unpaired) electrons. The van der Waals surface area contributed by atoms with E-state index in [2.05, 4.69) is 15.4 Å². The molecular weight excluding hydrogens is 466 g/mol. The predicted molar refractivity (Wildman–Crippen MR) is 133 cm³/mol. The van der Waals surface area contributed by atoms with Gasteiger partial charge in [-0.2, -0.15) is 0 Å². The van der Waals surface area contributed by atoms with Crippen molar-refractivity contribution in [3.05, 3.63) is 114 Å². The molecular formula is C26H23N3O5S. The molecule has 0 aliphatic rings. The Balaban J connectivity index is 1.37. The van der Waals surface area contributed by atoms with Crippen LogP contribution in [0.1, 0.15) is 32.0 Å². The molecule has 3 aromatic carbocycles. The Labute approximate surface area is 203 Å². The van der Waals surface area contributed by atoms with E-state index in [0.717, 1.165) is 11.1 Å². The van der Waals surface area contributed by atoms with Crippen molar-refractivity contribution in [3.8, 4) is 0 Å². The lowest BCUT2D eigenvalue weighted by atomic mass is 10.1. The van der Waals surface area contributed by atoms with Gasteiger partial charge in [-0.25, -0.2) is 8.42 Å². The fourth-order valence-electron chi connectivity index (χ4n) is 3.32. The molecule has 0 atom stereocenters. The van der Waals surface area contributed by atoms with Gasteiger partial charge in [0.2, 0.25) is 0 Å². The summed E-state index contributed by atoms with van der Waals surface area (Å²) in [7, 11) is -3.79. The van der Waals surface area contributed by atoms with E-state index in [-0.39, 0.29) is 29.0 Å². The molecule has 1 aromatic heterocycles. The third kappa shape index (κ3) is 5.96. The van der Waals surface area contributed by atoms with Gasteiger partial charge in [-0.1, -0.05) is 30.3 Å². The first kappa shape index (κ1) is 23.8. The van der Waals surface area contributed by atoms with E-state index in [9.17, 15) is 18.0 Å². The van der Waals surface area contributed by atoms with E-state index in [4.69, 9.17) is 4.42 Å². The molecule has 0 unspecified atom stereocenters. The molecule has 4 rings (SSSR count). The standard InChI is InChI=1S/C26H23N3O5S/c1-18-6-2-3-9-23(18)29-35(32,33)22-13-11-20(12-14-22)25(30)27-17-19-7-4-8-21(16-19)28-26(31)24-10-5-15-34-24/h2-16,29H,17H2,1H3,(H,27,30)(H,28,31). The van der Waals surface area contributed by atoms with Crippen LogP contribution in [0.3, 0.4) is 0 Å². The molecule has 8 nitrogen and oxygen atoms in total. The number of rotatable bonds is 8. The predicted octanol–water partition coefficient (Wildman–Crippen LogP) is 4.57. The number of sulfonamides is 1. The van der Waals surface area contributed by atoms with Gasteiger partial charge in [0.1, 0.15) is 0 Å². The largest absolute Gasteiger partial charge is 0.459 e. The highest BCUT2D eigenvalue weighted by Gasteiger charge is 2.16. The van der Waals surface area contributed by atoms with E-state index in [1.807, 2.05) is 25.1 Å². The third-order valence-electron chi connectivity index (χ3n) is 5.20. The highest BCUT2D eigenvalue weighted by molar-refractivity contribution is 7.92. The number of carbonyl (C=O) groups is 2. The van der Waals surface area contributed by atoms with Crippen LogP contribution in [0.15, 0.2) is 101 Å². The molecule has 0 spiro atoms. The third-order valence-corrected chi connectivity index (χ3v) is 6.58. The van der Waals surface area contributed by atoms with Gasteiger partial charge in [-0.3, -0.25) is 14.3 Å². The van der Waals surface area contributed by atoms with Gasteiger partial charge < -0.3 is 15.1 Å². The minimum atomic E-state index is -3.79. The van der Waals surface area contributed by atoms with Crippen LogP contribution in [0.25, 0.3) is 0 Å². The number of hydrogen-bond donors (Lipinski definition) is 3. The molecule has 4 aromatic rings. The van der Waals surface area contributed by atoms with Crippen LogP contribution < -0.4 is 15.4 Å². The van der Waals surface area contributed by atoms with Gasteiger partial charge in [0.15, 0.2) is 5.76 Å². The Morgan fingerprint density at radius 3 is 2.34 bits per heavy atom. The number of benzene rings is 3. The minimum Gasteiger partial charge on any atom is -0.459 e. The zero-order chi connectivity index (χ0) is 24.8. The molecule has 0 aliphatic carbocycles. The van der Waals surface area contributed by atoms with E-state index >= 15 is 0 Å². The highest BCUT2D eigenvalue weighted by atomic mass is 32.2. The maximum Gasteiger partial charge on any atom is 0.291 e. The van der Waals surface area contributed by atoms with Gasteiger partial charge in [0.25, 0.3) is 21.8 Å². The van der Waals surface area contributed by atoms with Crippen molar-refractivity contribution in [2.45, 2.75) is 18.4 Å². The van der Waals surface area contributed by atoms with Crippen molar-refractivity contribution in [1.82, 2.24) is 5.32 Å². The summed E-state index contributed by atoms with van der Waals surface area (Å²) in [6.07, 6.45) is 1.42. The van der Waals surface area contributed by atoms with Crippen molar-refractivity contribution < 1.29 is 22.4 Å². The summed E-state index contributed by atoms with van der Waals surface area (Å²) in [5, 5.41) is 5.53. The summed E-state index contributed by atoms with van der Waals surface area (Å²) in [6.45, 7) is 2.03. The molecule has 0 bridgehead atoms. The monoisotopic (exact) mass is 489 g/mol. The lowest BCUT2D eigenvalue weighted by Gasteiger charge is -2.11. The maximum absolute atomic E-state index is 12.7. The quantitative estimate of drug-likeness (QED) is 0.335. The van der Waals surface area contributed by atoms with Crippen LogP contribution in [-0.2, 0) is 16.6 Å². The van der Waals surface area contributed by atoms with Gasteiger partial charge >= 0.3 is 0 Å². The average Bonchev–Trinajstić information content (AvgIpc) is 3.40. The van der Waals surface area contributed by atoms with E-state index in [1.165, 1.54) is 30.5 Å². The number of para-hydroxylation sites is 1. The lowest BCUT2D eigenvalue weighted by Crippen LogP contribution is -2.23. The smallest absolute Gasteiger partial charge is 0.291 e. The molecule has 0 saturated carbocycles. The maximum atomic E-state index is 12.7. The van der Waals surface area contributed by atoms with Crippen molar-refractivity contribution in [1.29, 1.82) is 0 Å². The topological polar surface area (TPSA) is 118 Å². The molecule has 2 amide bonds. The summed E-state index contributed by atoms with van der Waals surface area (Å²) < 4.78 is 33.0. The van der Waals surface area contributed by atoms with Crippen molar-refractivity contribution in [2.75, 3.05) is 10.0 Å². The highest BCUT2D eigenvalue weighted by Crippen LogP contribution is 2.20. The van der Waals surface area contributed by atoms with Crippen LogP contribution >= 0.6 is 0 Å². The average molecular weight is 490 g/mol. The second-order valence-corrected chi connectivity index (χ2v) is 9.44. The number of furan rings is 1. The molecule has 1 heterocycles. The van der Waals surface area contributed by atoms with Crippen LogP contribution in [-0.4, -0.2) is 20.2 Å². The molecule has 178 valence electrons. The van der Waals surface area contributed by atoms with E-state index < -0.39 is 10.0 Å². The summed E-state index contributed by atoms with van der Waals surface area (Å²) in [6, 6.07) is 23.0. The van der Waals surface area contributed by atoms with Gasteiger partial charge in [-0.05, 0) is 72.6 Å². The second kappa shape index (κ2) is 10.3. The normalized spacial score (nSPS) is 11.0. The minimum absolute atomic E-state index is 0.0531. The SMILES string of the molecule is Cc1ccccc1NS(=O)(=O)c1ccc(C(=O)NCc2cccc(NC(=O)c3ccco3)c2)cc1. The van der Waals surface area contributed by atoms with Crippen LogP contribution in [0, 0.1) is 6.92 Å². The van der Waals surface area contributed by atoms with Gasteiger partial charge in [-0.15, -0.1) is 0 Å².